The molecule has 0 amide bonds. The maximum absolute atomic E-state index is 8.90. The molecular formula is C11H11N5. The number of aromatic amines is 1. The molecule has 5 nitrogen and oxygen atoms in total. The number of nitrogens with zero attached hydrogens (tertiary/aromatic N) is 2. The van der Waals surface area contributed by atoms with Crippen molar-refractivity contribution in [1.82, 2.24) is 10.2 Å². The van der Waals surface area contributed by atoms with E-state index < -0.39 is 0 Å². The van der Waals surface area contributed by atoms with Gasteiger partial charge in [-0.2, -0.15) is 10.4 Å². The van der Waals surface area contributed by atoms with Crippen molar-refractivity contribution >= 4 is 11.5 Å². The van der Waals surface area contributed by atoms with E-state index in [2.05, 4.69) is 21.6 Å². The van der Waals surface area contributed by atoms with Crippen LogP contribution in [0.2, 0.25) is 0 Å². The van der Waals surface area contributed by atoms with Crippen LogP contribution in [0.3, 0.4) is 0 Å². The number of aromatic nitrogens is 2. The summed E-state index contributed by atoms with van der Waals surface area (Å²) in [6, 6.07) is 9.45. The minimum absolute atomic E-state index is 0.543. The van der Waals surface area contributed by atoms with Crippen molar-refractivity contribution in [3.05, 3.63) is 41.6 Å². The van der Waals surface area contributed by atoms with Gasteiger partial charge in [0, 0.05) is 12.1 Å². The van der Waals surface area contributed by atoms with E-state index in [9.17, 15) is 0 Å². The Morgan fingerprint density at radius 3 is 2.94 bits per heavy atom. The van der Waals surface area contributed by atoms with E-state index in [-0.39, 0.29) is 0 Å². The van der Waals surface area contributed by atoms with Crippen LogP contribution in [0.5, 0.6) is 0 Å². The van der Waals surface area contributed by atoms with Crippen LogP contribution in [0.25, 0.3) is 0 Å². The molecule has 1 aromatic carbocycles. The highest BCUT2D eigenvalue weighted by Crippen LogP contribution is 2.15. The van der Waals surface area contributed by atoms with Crippen molar-refractivity contribution in [2.45, 2.75) is 6.54 Å². The van der Waals surface area contributed by atoms with Crippen LogP contribution < -0.4 is 11.1 Å². The van der Waals surface area contributed by atoms with Crippen LogP contribution in [-0.2, 0) is 6.54 Å². The molecule has 0 radical (unpaired) electrons. The molecule has 0 unspecified atom stereocenters. The fourth-order valence-corrected chi connectivity index (χ4v) is 1.39. The maximum Gasteiger partial charge on any atom is 0.123 e. The predicted molar refractivity (Wildman–Crippen MR) is 61.5 cm³/mol. The monoisotopic (exact) mass is 213 g/mol. The van der Waals surface area contributed by atoms with E-state index in [1.807, 2.05) is 18.2 Å². The van der Waals surface area contributed by atoms with Gasteiger partial charge in [0.1, 0.15) is 11.9 Å². The Morgan fingerprint density at radius 1 is 1.44 bits per heavy atom. The third-order valence-electron chi connectivity index (χ3n) is 2.27. The van der Waals surface area contributed by atoms with Gasteiger partial charge in [-0.15, -0.1) is 0 Å². The van der Waals surface area contributed by atoms with E-state index in [1.165, 1.54) is 0 Å². The topological polar surface area (TPSA) is 90.5 Å². The first kappa shape index (κ1) is 10.1. The van der Waals surface area contributed by atoms with Gasteiger partial charge in [-0.25, -0.2) is 0 Å². The van der Waals surface area contributed by atoms with Crippen LogP contribution in [0, 0.1) is 11.3 Å². The fraction of sp³-hybridized carbons (Fsp3) is 0.0909. The van der Waals surface area contributed by atoms with Crippen molar-refractivity contribution in [2.75, 3.05) is 11.1 Å². The molecule has 80 valence electrons. The lowest BCUT2D eigenvalue weighted by Gasteiger charge is -2.06. The largest absolute Gasteiger partial charge is 0.384 e. The lowest BCUT2D eigenvalue weighted by molar-refractivity contribution is 1.10. The fourth-order valence-electron chi connectivity index (χ4n) is 1.39. The third-order valence-corrected chi connectivity index (χ3v) is 2.27. The van der Waals surface area contributed by atoms with Gasteiger partial charge in [-0.3, -0.25) is 5.10 Å². The Bertz CT molecular complexity index is 523. The van der Waals surface area contributed by atoms with Gasteiger partial charge in [0.15, 0.2) is 0 Å². The van der Waals surface area contributed by atoms with Gasteiger partial charge in [0.05, 0.1) is 17.4 Å². The highest BCUT2D eigenvalue weighted by atomic mass is 15.1. The number of nitrogen functional groups attached to an aromatic ring is 1. The van der Waals surface area contributed by atoms with E-state index in [0.29, 0.717) is 17.9 Å². The number of para-hydroxylation sites is 1. The summed E-state index contributed by atoms with van der Waals surface area (Å²) in [6.07, 6.45) is 1.66. The van der Waals surface area contributed by atoms with Crippen molar-refractivity contribution < 1.29 is 0 Å². The number of hydrogen-bond donors (Lipinski definition) is 3. The zero-order valence-electron chi connectivity index (χ0n) is 8.57. The number of rotatable bonds is 3. The maximum atomic E-state index is 8.90. The first-order valence-electron chi connectivity index (χ1n) is 4.82. The highest BCUT2D eigenvalue weighted by Gasteiger charge is 2.03. The summed E-state index contributed by atoms with van der Waals surface area (Å²) in [7, 11) is 0. The Kier molecular flexibility index (Phi) is 2.74. The normalized spacial score (nSPS) is 9.69. The Hall–Kier alpha value is -2.48. The van der Waals surface area contributed by atoms with Gasteiger partial charge in [0.2, 0.25) is 0 Å². The molecule has 16 heavy (non-hydrogen) atoms. The van der Waals surface area contributed by atoms with Crippen LogP contribution in [0.15, 0.2) is 30.5 Å². The summed E-state index contributed by atoms with van der Waals surface area (Å²) in [5.41, 5.74) is 7.95. The number of hydrogen-bond acceptors (Lipinski definition) is 4. The van der Waals surface area contributed by atoms with Crippen LogP contribution in [0.4, 0.5) is 11.5 Å². The van der Waals surface area contributed by atoms with Crippen molar-refractivity contribution in [3.8, 4) is 6.07 Å². The smallest absolute Gasteiger partial charge is 0.123 e. The molecule has 0 aliphatic heterocycles. The Morgan fingerprint density at radius 2 is 2.25 bits per heavy atom. The number of anilines is 2. The molecule has 0 saturated heterocycles. The van der Waals surface area contributed by atoms with E-state index in [4.69, 9.17) is 11.0 Å². The van der Waals surface area contributed by atoms with E-state index in [0.717, 1.165) is 11.3 Å². The lowest BCUT2D eigenvalue weighted by atomic mass is 10.2. The highest BCUT2D eigenvalue weighted by molar-refractivity contribution is 5.57. The summed E-state index contributed by atoms with van der Waals surface area (Å²) >= 11 is 0. The standard InChI is InChI=1S/C11H11N5/c12-5-8-3-1-2-4-10(8)14-6-9-7-15-16-11(9)13/h1-4,7,14H,6H2,(H3,13,15,16). The van der Waals surface area contributed by atoms with Crippen molar-refractivity contribution in [1.29, 1.82) is 5.26 Å². The summed E-state index contributed by atoms with van der Waals surface area (Å²) in [5, 5.41) is 18.5. The molecule has 0 bridgehead atoms. The number of benzene rings is 1. The zero-order valence-corrected chi connectivity index (χ0v) is 8.57. The van der Waals surface area contributed by atoms with Crippen molar-refractivity contribution in [3.63, 3.8) is 0 Å². The molecule has 2 rings (SSSR count). The number of nitrogens with one attached hydrogen (secondary N) is 2. The molecule has 0 atom stereocenters. The molecule has 0 fully saturated rings. The summed E-state index contributed by atoms with van der Waals surface area (Å²) in [6.45, 7) is 0.543. The molecule has 5 heteroatoms. The Balaban J connectivity index is 2.11. The average Bonchev–Trinajstić information content (AvgIpc) is 2.72. The summed E-state index contributed by atoms with van der Waals surface area (Å²) in [4.78, 5) is 0. The molecule has 4 N–H and O–H groups in total. The van der Waals surface area contributed by atoms with Crippen LogP contribution >= 0.6 is 0 Å². The minimum atomic E-state index is 0.543. The third kappa shape index (κ3) is 1.96. The molecular weight excluding hydrogens is 202 g/mol. The SMILES string of the molecule is N#Cc1ccccc1NCc1cn[nH]c1N. The van der Waals surface area contributed by atoms with E-state index >= 15 is 0 Å². The molecule has 0 saturated carbocycles. The molecule has 2 aromatic rings. The Labute approximate surface area is 92.9 Å². The molecule has 1 aromatic heterocycles. The van der Waals surface area contributed by atoms with Crippen molar-refractivity contribution in [2.24, 2.45) is 0 Å². The van der Waals surface area contributed by atoms with Gasteiger partial charge < -0.3 is 11.1 Å². The summed E-state index contributed by atoms with van der Waals surface area (Å²) < 4.78 is 0. The van der Waals surface area contributed by atoms with Crippen LogP contribution in [-0.4, -0.2) is 10.2 Å². The first-order chi connectivity index (χ1) is 7.81. The quantitative estimate of drug-likeness (QED) is 0.720. The second-order valence-electron chi connectivity index (χ2n) is 3.32. The molecule has 0 aliphatic carbocycles. The second-order valence-corrected chi connectivity index (χ2v) is 3.32. The lowest BCUT2D eigenvalue weighted by Crippen LogP contribution is -2.02. The van der Waals surface area contributed by atoms with Gasteiger partial charge in [0.25, 0.3) is 0 Å². The van der Waals surface area contributed by atoms with E-state index in [1.54, 1.807) is 12.3 Å². The number of nitriles is 1. The first-order valence-corrected chi connectivity index (χ1v) is 4.82. The molecule has 1 heterocycles. The van der Waals surface area contributed by atoms with Gasteiger partial charge in [-0.1, -0.05) is 12.1 Å². The van der Waals surface area contributed by atoms with Gasteiger partial charge >= 0.3 is 0 Å². The average molecular weight is 213 g/mol. The number of nitrogens with two attached hydrogens (primary N) is 1. The zero-order chi connectivity index (χ0) is 11.4. The molecule has 0 aliphatic rings. The van der Waals surface area contributed by atoms with Gasteiger partial charge in [-0.05, 0) is 12.1 Å². The minimum Gasteiger partial charge on any atom is -0.384 e. The predicted octanol–water partition coefficient (Wildman–Crippen LogP) is 1.48. The number of H-pyrrole nitrogens is 1. The second kappa shape index (κ2) is 4.36. The van der Waals surface area contributed by atoms with Crippen LogP contribution in [0.1, 0.15) is 11.1 Å². The molecule has 0 spiro atoms. The summed E-state index contributed by atoms with van der Waals surface area (Å²) in [5.74, 6) is 0.543.